The summed E-state index contributed by atoms with van der Waals surface area (Å²) < 4.78 is 5.78. The van der Waals surface area contributed by atoms with E-state index >= 15 is 0 Å². The second-order valence-electron chi connectivity index (χ2n) is 6.06. The van der Waals surface area contributed by atoms with Crippen LogP contribution in [0.15, 0.2) is 24.3 Å². The van der Waals surface area contributed by atoms with Crippen molar-refractivity contribution >= 4 is 0 Å². The molecule has 0 saturated carbocycles. The van der Waals surface area contributed by atoms with Crippen LogP contribution in [-0.4, -0.2) is 12.2 Å². The molecule has 0 bridgehead atoms. The number of hydrogen-bond donors (Lipinski definition) is 0. The fraction of sp³-hybridized carbons (Fsp3) is 0.562. The van der Waals surface area contributed by atoms with Gasteiger partial charge in [0.05, 0.1) is 17.1 Å². The molecule has 18 heavy (non-hydrogen) atoms. The number of hydrogen-bond acceptors (Lipinski definition) is 2. The first-order chi connectivity index (χ1) is 8.47. The maximum Gasteiger partial charge on any atom is 0.0850 e. The van der Waals surface area contributed by atoms with Gasteiger partial charge in [-0.25, -0.2) is 0 Å². The molecular formula is C16H21NO. The number of nitriles is 1. The molecule has 1 aromatic carbocycles. The molecular weight excluding hydrogens is 222 g/mol. The molecule has 1 aliphatic carbocycles. The Hall–Kier alpha value is -1.33. The Labute approximate surface area is 110 Å². The van der Waals surface area contributed by atoms with Gasteiger partial charge in [-0.2, -0.15) is 5.26 Å². The molecule has 0 spiro atoms. The summed E-state index contributed by atoms with van der Waals surface area (Å²) >= 11 is 0. The highest BCUT2D eigenvalue weighted by Gasteiger charge is 2.38. The summed E-state index contributed by atoms with van der Waals surface area (Å²) in [4.78, 5) is 0. The van der Waals surface area contributed by atoms with Gasteiger partial charge >= 0.3 is 0 Å². The van der Waals surface area contributed by atoms with Crippen molar-refractivity contribution in [1.82, 2.24) is 0 Å². The number of ether oxygens (including phenoxy) is 1. The minimum absolute atomic E-state index is 0.130. The van der Waals surface area contributed by atoms with Crippen molar-refractivity contribution < 1.29 is 4.74 Å². The lowest BCUT2D eigenvalue weighted by Gasteiger charge is -2.25. The summed E-state index contributed by atoms with van der Waals surface area (Å²) in [5.74, 6) is 0. The van der Waals surface area contributed by atoms with Crippen LogP contribution in [0.25, 0.3) is 0 Å². The van der Waals surface area contributed by atoms with E-state index in [0.717, 1.165) is 19.3 Å². The Morgan fingerprint density at radius 1 is 1.33 bits per heavy atom. The summed E-state index contributed by atoms with van der Waals surface area (Å²) in [6, 6.07) is 10.9. The first-order valence-corrected chi connectivity index (χ1v) is 6.60. The summed E-state index contributed by atoms with van der Waals surface area (Å²) in [6.45, 7) is 6.79. The van der Waals surface area contributed by atoms with E-state index in [2.05, 4.69) is 45.0 Å². The molecule has 0 radical (unpaired) electrons. The third kappa shape index (κ3) is 2.57. The Morgan fingerprint density at radius 3 is 2.72 bits per heavy atom. The highest BCUT2D eigenvalue weighted by atomic mass is 16.5. The topological polar surface area (TPSA) is 33.0 Å². The van der Waals surface area contributed by atoms with E-state index in [4.69, 9.17) is 4.74 Å². The number of rotatable bonds is 3. The second kappa shape index (κ2) is 4.74. The van der Waals surface area contributed by atoms with Crippen molar-refractivity contribution in [3.63, 3.8) is 0 Å². The van der Waals surface area contributed by atoms with Gasteiger partial charge in [0.1, 0.15) is 0 Å². The first kappa shape index (κ1) is 13.1. The molecule has 0 aromatic heterocycles. The Morgan fingerprint density at radius 2 is 2.06 bits per heavy atom. The molecule has 1 aliphatic rings. The first-order valence-electron chi connectivity index (χ1n) is 6.60. The molecule has 96 valence electrons. The van der Waals surface area contributed by atoms with Gasteiger partial charge in [0.25, 0.3) is 0 Å². The smallest absolute Gasteiger partial charge is 0.0850 e. The van der Waals surface area contributed by atoms with E-state index in [1.807, 2.05) is 6.07 Å². The molecule has 0 fully saturated rings. The number of benzene rings is 1. The summed E-state index contributed by atoms with van der Waals surface area (Å²) in [5.41, 5.74) is 2.08. The number of nitrogens with zero attached hydrogens (tertiary/aromatic N) is 1. The van der Waals surface area contributed by atoms with Gasteiger partial charge < -0.3 is 4.74 Å². The SMILES string of the molecule is CC(C)(C)OCCC1(C#N)CCc2ccccc21. The Bertz CT molecular complexity index is 467. The molecule has 1 unspecified atom stereocenters. The van der Waals surface area contributed by atoms with Gasteiger partial charge in [0, 0.05) is 6.61 Å². The minimum atomic E-state index is -0.332. The lowest BCUT2D eigenvalue weighted by atomic mass is 9.80. The van der Waals surface area contributed by atoms with Crippen LogP contribution in [0.1, 0.15) is 44.7 Å². The molecule has 0 N–H and O–H groups in total. The summed E-state index contributed by atoms with van der Waals surface area (Å²) in [7, 11) is 0. The van der Waals surface area contributed by atoms with E-state index in [9.17, 15) is 5.26 Å². The van der Waals surface area contributed by atoms with Crippen LogP contribution >= 0.6 is 0 Å². The molecule has 0 amide bonds. The zero-order valence-corrected chi connectivity index (χ0v) is 11.5. The molecule has 2 rings (SSSR count). The predicted molar refractivity (Wildman–Crippen MR) is 72.4 cm³/mol. The molecule has 2 nitrogen and oxygen atoms in total. The molecule has 2 heteroatoms. The third-order valence-corrected chi connectivity index (χ3v) is 3.63. The van der Waals surface area contributed by atoms with Gasteiger partial charge in [-0.05, 0) is 51.2 Å². The van der Waals surface area contributed by atoms with E-state index in [1.165, 1.54) is 11.1 Å². The molecule has 0 heterocycles. The second-order valence-corrected chi connectivity index (χ2v) is 6.06. The fourth-order valence-corrected chi connectivity index (χ4v) is 2.65. The molecule has 1 aromatic rings. The standard InChI is InChI=1S/C16H21NO/c1-15(2,3)18-11-10-16(12-17)9-8-13-6-4-5-7-14(13)16/h4-7H,8-11H2,1-3H3. The summed E-state index contributed by atoms with van der Waals surface area (Å²) in [6.07, 6.45) is 2.73. The van der Waals surface area contributed by atoms with E-state index in [-0.39, 0.29) is 11.0 Å². The van der Waals surface area contributed by atoms with Gasteiger partial charge in [-0.1, -0.05) is 24.3 Å². The fourth-order valence-electron chi connectivity index (χ4n) is 2.65. The van der Waals surface area contributed by atoms with Crippen molar-refractivity contribution in [1.29, 1.82) is 5.26 Å². The van der Waals surface area contributed by atoms with Crippen LogP contribution in [0.5, 0.6) is 0 Å². The van der Waals surface area contributed by atoms with E-state index in [0.29, 0.717) is 6.61 Å². The maximum absolute atomic E-state index is 9.59. The summed E-state index contributed by atoms with van der Waals surface area (Å²) in [5, 5.41) is 9.59. The van der Waals surface area contributed by atoms with Gasteiger partial charge in [0.15, 0.2) is 0 Å². The van der Waals surface area contributed by atoms with E-state index in [1.54, 1.807) is 0 Å². The highest BCUT2D eigenvalue weighted by Crippen LogP contribution is 2.41. The van der Waals surface area contributed by atoms with Crippen molar-refractivity contribution in [3.05, 3.63) is 35.4 Å². The maximum atomic E-state index is 9.59. The van der Waals surface area contributed by atoms with Crippen LogP contribution in [0.4, 0.5) is 0 Å². The molecule has 1 atom stereocenters. The van der Waals surface area contributed by atoms with Crippen LogP contribution in [0, 0.1) is 11.3 Å². The normalized spacial score (nSPS) is 22.6. The molecule has 0 aliphatic heterocycles. The van der Waals surface area contributed by atoms with Crippen LogP contribution in [0.2, 0.25) is 0 Å². The van der Waals surface area contributed by atoms with Crippen LogP contribution < -0.4 is 0 Å². The average molecular weight is 243 g/mol. The Balaban J connectivity index is 2.12. The van der Waals surface area contributed by atoms with Gasteiger partial charge in [-0.3, -0.25) is 0 Å². The lowest BCUT2D eigenvalue weighted by Crippen LogP contribution is -2.27. The predicted octanol–water partition coefficient (Wildman–Crippen LogP) is 3.60. The monoisotopic (exact) mass is 243 g/mol. The van der Waals surface area contributed by atoms with Crippen molar-refractivity contribution in [2.24, 2.45) is 0 Å². The van der Waals surface area contributed by atoms with Crippen molar-refractivity contribution in [2.45, 2.75) is 51.0 Å². The molecule has 0 saturated heterocycles. The van der Waals surface area contributed by atoms with Crippen LogP contribution in [0.3, 0.4) is 0 Å². The number of fused-ring (bicyclic) bond motifs is 1. The van der Waals surface area contributed by atoms with Gasteiger partial charge in [-0.15, -0.1) is 0 Å². The highest BCUT2D eigenvalue weighted by molar-refractivity contribution is 5.43. The van der Waals surface area contributed by atoms with Crippen molar-refractivity contribution in [2.75, 3.05) is 6.61 Å². The van der Waals surface area contributed by atoms with Crippen LogP contribution in [-0.2, 0) is 16.6 Å². The third-order valence-electron chi connectivity index (χ3n) is 3.63. The Kier molecular flexibility index (Phi) is 3.45. The average Bonchev–Trinajstić information content (AvgIpc) is 2.68. The minimum Gasteiger partial charge on any atom is -0.376 e. The zero-order chi connectivity index (χ0) is 13.2. The van der Waals surface area contributed by atoms with E-state index < -0.39 is 0 Å². The zero-order valence-electron chi connectivity index (χ0n) is 11.5. The van der Waals surface area contributed by atoms with Crippen molar-refractivity contribution in [3.8, 4) is 6.07 Å². The van der Waals surface area contributed by atoms with Gasteiger partial charge in [0.2, 0.25) is 0 Å². The number of aryl methyl sites for hydroxylation is 1. The largest absolute Gasteiger partial charge is 0.376 e. The quantitative estimate of drug-likeness (QED) is 0.812. The lowest BCUT2D eigenvalue weighted by molar-refractivity contribution is -0.00902.